The number of nitrogens with one attached hydrogen (secondary N) is 1. The normalized spacial score (nSPS) is 22.7. The maximum Gasteiger partial charge on any atom is 0.123 e. The van der Waals surface area contributed by atoms with Crippen molar-refractivity contribution in [2.45, 2.75) is 19.0 Å². The van der Waals surface area contributed by atoms with E-state index in [2.05, 4.69) is 48.3 Å². The van der Waals surface area contributed by atoms with Crippen molar-refractivity contribution in [3.8, 4) is 5.75 Å². The third-order valence-corrected chi connectivity index (χ3v) is 4.18. The number of hydrogen-bond acceptors (Lipinski definition) is 4. The van der Waals surface area contributed by atoms with E-state index in [9.17, 15) is 0 Å². The topological polar surface area (TPSA) is 27.7 Å². The summed E-state index contributed by atoms with van der Waals surface area (Å²) in [5, 5.41) is 3.65. The predicted octanol–water partition coefficient (Wildman–Crippen LogP) is 1.59. The molecule has 1 aromatic rings. The molecule has 0 aliphatic carbocycles. The van der Waals surface area contributed by atoms with Crippen molar-refractivity contribution >= 4 is 0 Å². The number of para-hydroxylation sites is 1. The number of rotatable bonds is 5. The lowest BCUT2D eigenvalue weighted by molar-refractivity contribution is 0.0873. The van der Waals surface area contributed by atoms with Crippen molar-refractivity contribution < 1.29 is 4.74 Å². The summed E-state index contributed by atoms with van der Waals surface area (Å²) in [4.78, 5) is 4.87. The first-order valence-electron chi connectivity index (χ1n) is 7.42. The van der Waals surface area contributed by atoms with Gasteiger partial charge in [0.05, 0.1) is 13.2 Å². The number of piperazine rings is 1. The minimum absolute atomic E-state index is 0.295. The number of hydrogen-bond donors (Lipinski definition) is 1. The second kappa shape index (κ2) is 7.07. The van der Waals surface area contributed by atoms with Crippen LogP contribution in [0.2, 0.25) is 0 Å². The van der Waals surface area contributed by atoms with E-state index in [-0.39, 0.29) is 0 Å². The Morgan fingerprint density at radius 2 is 2.05 bits per heavy atom. The molecule has 1 fully saturated rings. The highest BCUT2D eigenvalue weighted by Crippen LogP contribution is 2.30. The predicted molar refractivity (Wildman–Crippen MR) is 83.3 cm³/mol. The molecule has 20 heavy (non-hydrogen) atoms. The maximum absolute atomic E-state index is 5.55. The average Bonchev–Trinajstić information content (AvgIpc) is 2.47. The van der Waals surface area contributed by atoms with Gasteiger partial charge in [0.2, 0.25) is 0 Å². The Morgan fingerprint density at radius 1 is 1.30 bits per heavy atom. The Hall–Kier alpha value is -1.10. The van der Waals surface area contributed by atoms with Gasteiger partial charge in [-0.1, -0.05) is 25.1 Å². The van der Waals surface area contributed by atoms with Crippen LogP contribution in [-0.2, 0) is 0 Å². The zero-order valence-electron chi connectivity index (χ0n) is 13.1. The van der Waals surface area contributed by atoms with E-state index in [4.69, 9.17) is 4.74 Å². The van der Waals surface area contributed by atoms with Crippen LogP contribution in [0.5, 0.6) is 5.75 Å². The molecule has 1 aliphatic rings. The monoisotopic (exact) mass is 277 g/mol. The summed E-state index contributed by atoms with van der Waals surface area (Å²) in [6.45, 7) is 6.44. The number of likely N-dealkylation sites (N-methyl/N-ethyl adjacent to an activating group) is 3. The Morgan fingerprint density at radius 3 is 2.75 bits per heavy atom. The van der Waals surface area contributed by atoms with E-state index < -0.39 is 0 Å². The van der Waals surface area contributed by atoms with Gasteiger partial charge in [0.15, 0.2) is 0 Å². The molecule has 2 unspecified atom stereocenters. The van der Waals surface area contributed by atoms with Crippen LogP contribution in [-0.4, -0.2) is 63.2 Å². The largest absolute Gasteiger partial charge is 0.496 e. The molecular formula is C16H27N3O. The van der Waals surface area contributed by atoms with Crippen molar-refractivity contribution in [2.24, 2.45) is 0 Å². The molecule has 2 rings (SSSR count). The van der Waals surface area contributed by atoms with Gasteiger partial charge >= 0.3 is 0 Å². The third-order valence-electron chi connectivity index (χ3n) is 4.18. The molecule has 1 saturated heterocycles. The first kappa shape index (κ1) is 15.3. The van der Waals surface area contributed by atoms with Crippen molar-refractivity contribution in [3.05, 3.63) is 29.8 Å². The zero-order valence-corrected chi connectivity index (χ0v) is 13.1. The molecule has 112 valence electrons. The van der Waals surface area contributed by atoms with Crippen LogP contribution < -0.4 is 10.1 Å². The molecule has 4 nitrogen and oxygen atoms in total. The van der Waals surface area contributed by atoms with E-state index in [1.54, 1.807) is 7.11 Å². The van der Waals surface area contributed by atoms with E-state index in [1.807, 2.05) is 12.1 Å². The Balaban J connectivity index is 2.29. The van der Waals surface area contributed by atoms with Crippen LogP contribution in [0.1, 0.15) is 18.5 Å². The number of ether oxygens (including phenoxy) is 1. The van der Waals surface area contributed by atoms with E-state index in [1.165, 1.54) is 5.56 Å². The molecule has 1 N–H and O–H groups in total. The van der Waals surface area contributed by atoms with Crippen molar-refractivity contribution in [2.75, 3.05) is 47.4 Å². The molecule has 0 radical (unpaired) electrons. The molecule has 1 heterocycles. The van der Waals surface area contributed by atoms with Gasteiger partial charge in [0.1, 0.15) is 5.75 Å². The minimum atomic E-state index is 0.295. The summed E-state index contributed by atoms with van der Waals surface area (Å²) in [6, 6.07) is 9.10. The summed E-state index contributed by atoms with van der Waals surface area (Å²) < 4.78 is 5.55. The smallest absolute Gasteiger partial charge is 0.123 e. The lowest BCUT2D eigenvalue weighted by Gasteiger charge is -2.42. The standard InChI is InChI=1S/C16H27N3O/c1-5-17-16(13-8-6-7-9-15(13)20-4)14-12-18(2)10-11-19(14)3/h6-9,14,16-17H,5,10-12H2,1-4H3. The van der Waals surface area contributed by atoms with Crippen LogP contribution in [0.4, 0.5) is 0 Å². The van der Waals surface area contributed by atoms with Crippen molar-refractivity contribution in [1.29, 1.82) is 0 Å². The fourth-order valence-electron chi connectivity index (χ4n) is 3.00. The second-order valence-electron chi connectivity index (χ2n) is 5.59. The van der Waals surface area contributed by atoms with Gasteiger partial charge in [-0.2, -0.15) is 0 Å². The van der Waals surface area contributed by atoms with Crippen LogP contribution in [0, 0.1) is 0 Å². The highest BCUT2D eigenvalue weighted by Gasteiger charge is 2.31. The van der Waals surface area contributed by atoms with E-state index >= 15 is 0 Å². The lowest BCUT2D eigenvalue weighted by Crippen LogP contribution is -2.55. The van der Waals surface area contributed by atoms with Gasteiger partial charge in [-0.25, -0.2) is 0 Å². The molecule has 4 heteroatoms. The van der Waals surface area contributed by atoms with Crippen LogP contribution in [0.3, 0.4) is 0 Å². The van der Waals surface area contributed by atoms with Gasteiger partial charge in [0, 0.05) is 31.2 Å². The molecular weight excluding hydrogens is 250 g/mol. The highest BCUT2D eigenvalue weighted by atomic mass is 16.5. The van der Waals surface area contributed by atoms with E-state index in [0.29, 0.717) is 12.1 Å². The van der Waals surface area contributed by atoms with Crippen molar-refractivity contribution in [3.63, 3.8) is 0 Å². The Kier molecular flexibility index (Phi) is 5.40. The third kappa shape index (κ3) is 3.32. The molecule has 1 aliphatic heterocycles. The second-order valence-corrected chi connectivity index (χ2v) is 5.59. The number of nitrogens with zero attached hydrogens (tertiary/aromatic N) is 2. The zero-order chi connectivity index (χ0) is 14.5. The average molecular weight is 277 g/mol. The fraction of sp³-hybridized carbons (Fsp3) is 0.625. The van der Waals surface area contributed by atoms with Gasteiger partial charge < -0.3 is 15.0 Å². The molecule has 0 spiro atoms. The first-order chi connectivity index (χ1) is 9.67. The van der Waals surface area contributed by atoms with Crippen molar-refractivity contribution in [1.82, 2.24) is 15.1 Å². The van der Waals surface area contributed by atoms with Gasteiger partial charge in [-0.15, -0.1) is 0 Å². The van der Waals surface area contributed by atoms with Gasteiger partial charge in [0.25, 0.3) is 0 Å². The Bertz CT molecular complexity index is 424. The van der Waals surface area contributed by atoms with Crippen LogP contribution in [0.15, 0.2) is 24.3 Å². The molecule has 2 atom stereocenters. The quantitative estimate of drug-likeness (QED) is 0.884. The Labute approximate surface area is 122 Å². The summed E-state index contributed by atoms with van der Waals surface area (Å²) in [5.74, 6) is 0.972. The molecule has 0 amide bonds. The molecule has 1 aromatic carbocycles. The summed E-state index contributed by atoms with van der Waals surface area (Å²) in [5.41, 5.74) is 1.25. The molecule has 0 saturated carbocycles. The first-order valence-corrected chi connectivity index (χ1v) is 7.42. The van der Waals surface area contributed by atoms with Gasteiger partial charge in [-0.05, 0) is 26.7 Å². The summed E-state index contributed by atoms with van der Waals surface area (Å²) >= 11 is 0. The molecule has 0 bridgehead atoms. The minimum Gasteiger partial charge on any atom is -0.496 e. The SMILES string of the molecule is CCNC(c1ccccc1OC)C1CN(C)CCN1C. The summed E-state index contributed by atoms with van der Waals surface area (Å²) in [7, 11) is 6.17. The van der Waals surface area contributed by atoms with Gasteiger partial charge in [-0.3, -0.25) is 4.90 Å². The number of methoxy groups -OCH3 is 1. The lowest BCUT2D eigenvalue weighted by atomic mass is 9.95. The highest BCUT2D eigenvalue weighted by molar-refractivity contribution is 5.37. The molecule has 0 aromatic heterocycles. The van der Waals surface area contributed by atoms with Crippen LogP contribution in [0.25, 0.3) is 0 Å². The number of benzene rings is 1. The summed E-state index contributed by atoms with van der Waals surface area (Å²) in [6.07, 6.45) is 0. The fourth-order valence-corrected chi connectivity index (χ4v) is 3.00. The van der Waals surface area contributed by atoms with Crippen LogP contribution >= 0.6 is 0 Å². The van der Waals surface area contributed by atoms with E-state index in [0.717, 1.165) is 31.9 Å². The maximum atomic E-state index is 5.55.